The second-order valence-electron chi connectivity index (χ2n) is 2.68. The molecule has 0 saturated carbocycles. The Morgan fingerprint density at radius 1 is 0.833 bits per heavy atom. The second-order valence-corrected chi connectivity index (χ2v) is 2.68. The first-order valence-electron chi connectivity index (χ1n) is 3.94. The van der Waals surface area contributed by atoms with Gasteiger partial charge in [-0.15, -0.1) is 0 Å². The van der Waals surface area contributed by atoms with Crippen LogP contribution in [0.2, 0.25) is 0 Å². The summed E-state index contributed by atoms with van der Waals surface area (Å²) in [6, 6.07) is 15.7. The fourth-order valence-corrected chi connectivity index (χ4v) is 0.841. The van der Waals surface area contributed by atoms with Gasteiger partial charge in [0.2, 0.25) is 0 Å². The van der Waals surface area contributed by atoms with Crippen LogP contribution < -0.4 is 5.73 Å². The summed E-state index contributed by atoms with van der Waals surface area (Å²) in [6.45, 7) is 2.04. The van der Waals surface area contributed by atoms with Crippen LogP contribution in [-0.2, 0) is 0 Å². The van der Waals surface area contributed by atoms with Crippen molar-refractivity contribution in [2.75, 3.05) is 5.73 Å². The van der Waals surface area contributed by atoms with E-state index in [9.17, 15) is 0 Å². The van der Waals surface area contributed by atoms with E-state index in [0.29, 0.717) is 0 Å². The Balaban J connectivity index is 3.21. The Morgan fingerprint density at radius 3 is 2.25 bits per heavy atom. The van der Waals surface area contributed by atoms with Gasteiger partial charge in [0.25, 0.3) is 0 Å². The predicted octanol–water partition coefficient (Wildman–Crippen LogP) is 2.70. The Labute approximate surface area is 73.2 Å². The molecule has 0 aliphatic rings. The van der Waals surface area contributed by atoms with E-state index >= 15 is 0 Å². The van der Waals surface area contributed by atoms with Crippen molar-refractivity contribution in [3.05, 3.63) is 54.1 Å². The van der Waals surface area contributed by atoms with Crippen molar-refractivity contribution in [1.29, 1.82) is 0 Å². The average Bonchev–Trinajstić information content (AvgIpc) is 2.07. The van der Waals surface area contributed by atoms with Crippen molar-refractivity contribution >= 4 is 5.69 Å². The lowest BCUT2D eigenvalue weighted by Crippen LogP contribution is -1.78. The monoisotopic (exact) mass is 159 g/mol. The molecule has 0 radical (unpaired) electrons. The van der Waals surface area contributed by atoms with Gasteiger partial charge >= 0.3 is 0 Å². The fourth-order valence-electron chi connectivity index (χ4n) is 0.841. The molecule has 1 aromatic carbocycles. The largest absolute Gasteiger partial charge is 0.399 e. The average molecular weight is 159 g/mol. The van der Waals surface area contributed by atoms with E-state index in [4.69, 9.17) is 5.73 Å². The van der Waals surface area contributed by atoms with E-state index in [0.717, 1.165) is 5.69 Å². The Morgan fingerprint density at radius 2 is 1.50 bits per heavy atom. The lowest BCUT2D eigenvalue weighted by Gasteiger charge is -1.85. The standard InChI is InChI=1S/C11H13N/c1-10-6-4-2-3-5-7-11(12)9-8-10/h2-9H,12H2,1H3. The van der Waals surface area contributed by atoms with Crippen LogP contribution >= 0.6 is 0 Å². The normalized spacial score (nSPS) is 8.75. The summed E-state index contributed by atoms with van der Waals surface area (Å²) >= 11 is 0. The number of hydrogen-bond acceptors (Lipinski definition) is 1. The maximum Gasteiger partial charge on any atom is 0.0314 e. The van der Waals surface area contributed by atoms with Crippen molar-refractivity contribution in [3.8, 4) is 0 Å². The summed E-state index contributed by atoms with van der Waals surface area (Å²) < 4.78 is 0. The van der Waals surface area contributed by atoms with E-state index in [-0.39, 0.29) is 0 Å². The quantitative estimate of drug-likeness (QED) is 0.618. The Bertz CT molecular complexity index is 272. The maximum atomic E-state index is 5.66. The van der Waals surface area contributed by atoms with Crippen LogP contribution in [-0.4, -0.2) is 0 Å². The highest BCUT2D eigenvalue weighted by atomic mass is 14.5. The molecule has 2 N–H and O–H groups in total. The first-order valence-corrected chi connectivity index (χ1v) is 3.94. The molecule has 0 bridgehead atoms. The maximum absolute atomic E-state index is 5.66. The Kier molecular flexibility index (Phi) is 3.15. The zero-order chi connectivity index (χ0) is 8.81. The lowest BCUT2D eigenvalue weighted by molar-refractivity contribution is 1.49. The number of aryl methyl sites for hydroxylation is 1. The molecule has 62 valence electrons. The topological polar surface area (TPSA) is 26.0 Å². The zero-order valence-electron chi connectivity index (χ0n) is 7.20. The minimum absolute atomic E-state index is 0.773. The molecule has 1 heteroatoms. The summed E-state index contributed by atoms with van der Waals surface area (Å²) in [5.41, 5.74) is 7.62. The predicted molar refractivity (Wildman–Crippen MR) is 53.2 cm³/mol. The lowest BCUT2D eigenvalue weighted by atomic mass is 10.3. The molecule has 0 atom stereocenters. The minimum Gasteiger partial charge on any atom is -0.399 e. The van der Waals surface area contributed by atoms with Gasteiger partial charge in [-0.25, -0.2) is 0 Å². The van der Waals surface area contributed by atoms with Gasteiger partial charge in [0.05, 0.1) is 0 Å². The third-order valence-corrected chi connectivity index (χ3v) is 1.52. The van der Waals surface area contributed by atoms with Crippen molar-refractivity contribution < 1.29 is 0 Å². The number of anilines is 1. The van der Waals surface area contributed by atoms with Crippen LogP contribution in [0.1, 0.15) is 5.56 Å². The van der Waals surface area contributed by atoms with Crippen LogP contribution in [0.4, 0.5) is 5.69 Å². The highest BCUT2D eigenvalue weighted by Gasteiger charge is 1.75. The highest BCUT2D eigenvalue weighted by Crippen LogP contribution is 1.97. The SMILES string of the molecule is Cc1ccccccc(N)cc1. The molecule has 0 aliphatic heterocycles. The second kappa shape index (κ2) is 4.39. The molecule has 0 saturated heterocycles. The van der Waals surface area contributed by atoms with Crippen molar-refractivity contribution in [3.63, 3.8) is 0 Å². The van der Waals surface area contributed by atoms with E-state index < -0.39 is 0 Å². The van der Waals surface area contributed by atoms with Gasteiger partial charge in [-0.05, 0) is 19.1 Å². The molecular weight excluding hydrogens is 146 g/mol. The molecule has 12 heavy (non-hydrogen) atoms. The van der Waals surface area contributed by atoms with Gasteiger partial charge < -0.3 is 5.73 Å². The molecule has 0 unspecified atom stereocenters. The van der Waals surface area contributed by atoms with Gasteiger partial charge in [-0.2, -0.15) is 0 Å². The van der Waals surface area contributed by atoms with Gasteiger partial charge in [-0.3, -0.25) is 0 Å². The van der Waals surface area contributed by atoms with Crippen molar-refractivity contribution in [1.82, 2.24) is 0 Å². The van der Waals surface area contributed by atoms with E-state index in [1.807, 2.05) is 55.5 Å². The van der Waals surface area contributed by atoms with E-state index in [1.165, 1.54) is 5.56 Å². The summed E-state index contributed by atoms with van der Waals surface area (Å²) in [7, 11) is 0. The van der Waals surface area contributed by atoms with Crippen molar-refractivity contribution in [2.45, 2.75) is 6.92 Å². The molecule has 1 nitrogen and oxygen atoms in total. The first kappa shape index (κ1) is 8.60. The third-order valence-electron chi connectivity index (χ3n) is 1.52. The van der Waals surface area contributed by atoms with Crippen LogP contribution in [0.3, 0.4) is 0 Å². The van der Waals surface area contributed by atoms with Crippen LogP contribution in [0.5, 0.6) is 0 Å². The van der Waals surface area contributed by atoms with Gasteiger partial charge in [0, 0.05) is 5.69 Å². The highest BCUT2D eigenvalue weighted by molar-refractivity contribution is 5.35. The summed E-state index contributed by atoms with van der Waals surface area (Å²) in [6.07, 6.45) is 0. The number of nitrogens with two attached hydrogens (primary N) is 1. The summed E-state index contributed by atoms with van der Waals surface area (Å²) in [5, 5.41) is 0. The van der Waals surface area contributed by atoms with Crippen LogP contribution in [0.15, 0.2) is 48.5 Å². The third kappa shape index (κ3) is 3.06. The molecule has 0 aliphatic carbocycles. The number of hydrogen-bond donors (Lipinski definition) is 1. The van der Waals surface area contributed by atoms with Gasteiger partial charge in [0.1, 0.15) is 0 Å². The van der Waals surface area contributed by atoms with Crippen LogP contribution in [0, 0.1) is 6.92 Å². The smallest absolute Gasteiger partial charge is 0.0314 e. The van der Waals surface area contributed by atoms with Gasteiger partial charge in [-0.1, -0.05) is 42.0 Å². The molecule has 0 amide bonds. The van der Waals surface area contributed by atoms with E-state index in [2.05, 4.69) is 0 Å². The molecule has 0 heterocycles. The molecular formula is C11H13N. The molecule has 0 aromatic heterocycles. The van der Waals surface area contributed by atoms with Gasteiger partial charge in [0.15, 0.2) is 0 Å². The summed E-state index contributed by atoms with van der Waals surface area (Å²) in [4.78, 5) is 0. The zero-order valence-corrected chi connectivity index (χ0v) is 7.20. The minimum atomic E-state index is 0.773. The van der Waals surface area contributed by atoms with Crippen LogP contribution in [0.25, 0.3) is 0 Å². The molecule has 0 fully saturated rings. The molecule has 1 rings (SSSR count). The number of rotatable bonds is 0. The molecule has 1 aromatic rings. The first-order chi connectivity index (χ1) is 5.79. The number of nitrogen functional groups attached to an aromatic ring is 1. The summed E-state index contributed by atoms with van der Waals surface area (Å²) in [5.74, 6) is 0. The van der Waals surface area contributed by atoms with Crippen molar-refractivity contribution in [2.24, 2.45) is 0 Å². The fraction of sp³-hybridized carbons (Fsp3) is 0.0909. The molecule has 0 spiro atoms. The van der Waals surface area contributed by atoms with E-state index in [1.54, 1.807) is 0 Å². The Hall–Kier alpha value is -1.50.